The largest absolute Gasteiger partial charge is 0.421 e. The molecule has 0 saturated heterocycles. The Balaban J connectivity index is 2.72. The lowest BCUT2D eigenvalue weighted by molar-refractivity contribution is 0.280. The molecule has 0 aromatic rings. The van der Waals surface area contributed by atoms with Crippen molar-refractivity contribution in [2.75, 3.05) is 6.73 Å². The summed E-state index contributed by atoms with van der Waals surface area (Å²) < 4.78 is 4.16. The van der Waals surface area contributed by atoms with Crippen LogP contribution in [0.2, 0.25) is 0 Å². The molecule has 0 bridgehead atoms. The van der Waals surface area contributed by atoms with Crippen molar-refractivity contribution in [1.82, 2.24) is 0 Å². The van der Waals surface area contributed by atoms with Crippen LogP contribution in [0.25, 0.3) is 0 Å². The molecule has 0 saturated carbocycles. The van der Waals surface area contributed by atoms with Crippen LogP contribution in [0.3, 0.4) is 0 Å². The van der Waals surface area contributed by atoms with Crippen molar-refractivity contribution < 1.29 is 4.74 Å². The van der Waals surface area contributed by atoms with Crippen LogP contribution in [0.15, 0.2) is 5.11 Å². The second kappa shape index (κ2) is 3.96. The minimum atomic E-state index is -0.0312. The zero-order valence-corrected chi connectivity index (χ0v) is 3.14. The molecule has 0 fully saturated rings. The average molecular weight is 84.1 g/mol. The predicted octanol–water partition coefficient (Wildman–Crippen LogP) is 0.582. The minimum absolute atomic E-state index is 0.0312. The maximum absolute atomic E-state index is 6.11. The van der Waals surface area contributed by atoms with E-state index in [9.17, 15) is 0 Å². The molecule has 0 aliphatic rings. The molecule has 0 atom stereocenters. The summed E-state index contributed by atoms with van der Waals surface area (Å²) in [6, 6.07) is 0. The van der Waals surface area contributed by atoms with Gasteiger partial charge < -0.3 is 4.74 Å². The summed E-state index contributed by atoms with van der Waals surface area (Å²) in [5.74, 6) is 0. The Morgan fingerprint density at radius 3 is 2.83 bits per heavy atom. The number of hydrogen-bond donors (Lipinski definition) is 1. The number of ether oxygens (including phenoxy) is 1. The lowest BCUT2D eigenvalue weighted by atomic mass is 11.2. The van der Waals surface area contributed by atoms with Gasteiger partial charge in [-0.15, -0.1) is 0 Å². The molecular formula is C3H4N2O. The summed E-state index contributed by atoms with van der Waals surface area (Å²) in [5.41, 5.74) is 6.11. The molecule has 0 spiro atoms. The molecule has 3 nitrogen and oxygen atoms in total. The third kappa shape index (κ3) is 2.96. The lowest BCUT2D eigenvalue weighted by Crippen LogP contribution is -1.76. The van der Waals surface area contributed by atoms with Crippen molar-refractivity contribution in [3.05, 3.63) is 0 Å². The molecule has 0 amide bonds. The number of rotatable bonds is 2. The van der Waals surface area contributed by atoms with Gasteiger partial charge in [0.15, 0.2) is 0 Å². The van der Waals surface area contributed by atoms with Gasteiger partial charge in [-0.3, -0.25) is 0 Å². The van der Waals surface area contributed by atoms with Crippen LogP contribution in [0, 0.1) is 18.1 Å². The Hall–Kier alpha value is -1.04. The highest BCUT2D eigenvalue weighted by atomic mass is 16.5. The van der Waals surface area contributed by atoms with Gasteiger partial charge in [-0.25, -0.2) is 5.53 Å². The van der Waals surface area contributed by atoms with Gasteiger partial charge in [0.05, 0.1) is 0 Å². The van der Waals surface area contributed by atoms with Crippen molar-refractivity contribution in [3.8, 4) is 12.5 Å². The lowest BCUT2D eigenvalue weighted by Gasteiger charge is -1.80. The van der Waals surface area contributed by atoms with Crippen molar-refractivity contribution in [1.29, 1.82) is 5.53 Å². The van der Waals surface area contributed by atoms with E-state index in [4.69, 9.17) is 5.53 Å². The number of nitrogens with one attached hydrogen (secondary N) is 1. The second-order valence-electron chi connectivity index (χ2n) is 0.549. The van der Waals surface area contributed by atoms with Gasteiger partial charge in [-0.2, -0.15) is 5.11 Å². The molecule has 0 aromatic heterocycles. The Kier molecular flexibility index (Phi) is 3.27. The minimum Gasteiger partial charge on any atom is -0.421 e. The van der Waals surface area contributed by atoms with Gasteiger partial charge in [0.2, 0.25) is 6.73 Å². The van der Waals surface area contributed by atoms with Crippen molar-refractivity contribution in [2.45, 2.75) is 0 Å². The molecule has 0 aliphatic carbocycles. The van der Waals surface area contributed by atoms with Crippen LogP contribution >= 0.6 is 0 Å². The first-order chi connectivity index (χ1) is 2.91. The zero-order valence-electron chi connectivity index (χ0n) is 3.14. The summed E-state index contributed by atoms with van der Waals surface area (Å²) in [6.07, 6.45) is 6.45. The smallest absolute Gasteiger partial charge is 0.209 e. The van der Waals surface area contributed by atoms with Crippen LogP contribution in [-0.4, -0.2) is 6.73 Å². The van der Waals surface area contributed by atoms with Gasteiger partial charge in [-0.05, 0) is 0 Å². The summed E-state index contributed by atoms with van der Waals surface area (Å²) in [5, 5.41) is 2.81. The standard InChI is InChI=1S/C3H4N2O/c1-2-6-3-5-4/h1,4H,3H2. The zero-order chi connectivity index (χ0) is 4.83. The fourth-order valence-electron chi connectivity index (χ4n) is 0.0695. The molecule has 0 unspecified atom stereocenters. The van der Waals surface area contributed by atoms with E-state index in [2.05, 4.69) is 16.3 Å². The Labute approximate surface area is 35.8 Å². The maximum Gasteiger partial charge on any atom is 0.209 e. The van der Waals surface area contributed by atoms with Crippen LogP contribution in [0.4, 0.5) is 0 Å². The normalized spacial score (nSPS) is 5.83. The van der Waals surface area contributed by atoms with E-state index in [0.29, 0.717) is 0 Å². The Morgan fingerprint density at radius 1 is 2.00 bits per heavy atom. The Morgan fingerprint density at radius 2 is 2.67 bits per heavy atom. The van der Waals surface area contributed by atoms with Crippen molar-refractivity contribution in [3.63, 3.8) is 0 Å². The van der Waals surface area contributed by atoms with E-state index in [1.807, 2.05) is 6.11 Å². The molecule has 0 rings (SSSR count). The summed E-state index contributed by atoms with van der Waals surface area (Å²) in [6.45, 7) is -0.0312. The van der Waals surface area contributed by atoms with Crippen LogP contribution < -0.4 is 0 Å². The van der Waals surface area contributed by atoms with Crippen LogP contribution in [-0.2, 0) is 4.74 Å². The highest BCUT2D eigenvalue weighted by Crippen LogP contribution is 1.65. The topological polar surface area (TPSA) is 45.4 Å². The number of hydrogen-bond acceptors (Lipinski definition) is 3. The molecule has 0 aromatic carbocycles. The van der Waals surface area contributed by atoms with Gasteiger partial charge in [0.1, 0.15) is 6.11 Å². The summed E-state index contributed by atoms with van der Waals surface area (Å²) >= 11 is 0. The number of terminal acetylenes is 1. The van der Waals surface area contributed by atoms with Crippen molar-refractivity contribution >= 4 is 0 Å². The van der Waals surface area contributed by atoms with Gasteiger partial charge in [-0.1, -0.05) is 6.42 Å². The number of nitrogens with zero attached hydrogens (tertiary/aromatic N) is 1. The highest BCUT2D eigenvalue weighted by Gasteiger charge is 1.64. The highest BCUT2D eigenvalue weighted by molar-refractivity contribution is 4.67. The van der Waals surface area contributed by atoms with Crippen molar-refractivity contribution in [2.24, 2.45) is 5.11 Å². The van der Waals surface area contributed by atoms with Crippen LogP contribution in [0.1, 0.15) is 0 Å². The van der Waals surface area contributed by atoms with E-state index < -0.39 is 0 Å². The fraction of sp³-hybridized carbons (Fsp3) is 0.333. The average Bonchev–Trinajstić information content (AvgIpc) is 1.61. The maximum atomic E-state index is 6.11. The van der Waals surface area contributed by atoms with E-state index in [1.54, 1.807) is 0 Å². The SMILES string of the molecule is C#COCN=N. The Bertz CT molecular complexity index is 73.4. The first-order valence-electron chi connectivity index (χ1n) is 1.32. The second-order valence-corrected chi connectivity index (χ2v) is 0.549. The molecule has 0 radical (unpaired) electrons. The first-order valence-corrected chi connectivity index (χ1v) is 1.32. The van der Waals surface area contributed by atoms with Gasteiger partial charge >= 0.3 is 0 Å². The van der Waals surface area contributed by atoms with Gasteiger partial charge in [0, 0.05) is 0 Å². The molecule has 6 heavy (non-hydrogen) atoms. The quantitative estimate of drug-likeness (QED) is 0.297. The molecular weight excluding hydrogens is 80.0 g/mol. The molecule has 0 heterocycles. The summed E-state index contributed by atoms with van der Waals surface area (Å²) in [7, 11) is 0. The van der Waals surface area contributed by atoms with E-state index >= 15 is 0 Å². The van der Waals surface area contributed by atoms with E-state index in [1.165, 1.54) is 0 Å². The predicted molar refractivity (Wildman–Crippen MR) is 19.9 cm³/mol. The fourth-order valence-corrected chi connectivity index (χ4v) is 0.0695. The molecule has 1 N–H and O–H groups in total. The monoisotopic (exact) mass is 84.0 g/mol. The summed E-state index contributed by atoms with van der Waals surface area (Å²) in [4.78, 5) is 0. The molecule has 0 aliphatic heterocycles. The third-order valence-electron chi connectivity index (χ3n) is 0.212. The van der Waals surface area contributed by atoms with Crippen LogP contribution in [0.5, 0.6) is 0 Å². The van der Waals surface area contributed by atoms with Gasteiger partial charge in [0.25, 0.3) is 0 Å². The van der Waals surface area contributed by atoms with E-state index in [0.717, 1.165) is 0 Å². The molecule has 3 heteroatoms. The first kappa shape index (κ1) is 4.96. The van der Waals surface area contributed by atoms with E-state index in [-0.39, 0.29) is 6.73 Å². The molecule has 32 valence electrons. The third-order valence-corrected chi connectivity index (χ3v) is 0.212.